The molecule has 0 radical (unpaired) electrons. The van der Waals surface area contributed by atoms with Gasteiger partial charge in [0.25, 0.3) is 11.8 Å². The number of rotatable bonds is 6. The molecule has 29 heavy (non-hydrogen) atoms. The van der Waals surface area contributed by atoms with Crippen molar-refractivity contribution in [2.24, 2.45) is 0 Å². The normalized spacial score (nSPS) is 10.3. The van der Waals surface area contributed by atoms with Crippen molar-refractivity contribution in [1.82, 2.24) is 5.32 Å². The number of aryl methyl sites for hydroxylation is 1. The molecule has 3 rings (SSSR count). The van der Waals surface area contributed by atoms with Crippen LogP contribution in [-0.2, 0) is 4.79 Å². The van der Waals surface area contributed by atoms with Crippen LogP contribution < -0.4 is 16.0 Å². The number of carbonyl (C=O) groups excluding carboxylic acids is 3. The van der Waals surface area contributed by atoms with Gasteiger partial charge in [-0.15, -0.1) is 11.3 Å². The molecule has 1 heterocycles. The third-order valence-corrected chi connectivity index (χ3v) is 5.38. The lowest BCUT2D eigenvalue weighted by Gasteiger charge is -2.10. The summed E-state index contributed by atoms with van der Waals surface area (Å²) in [6.07, 6.45) is 0. The van der Waals surface area contributed by atoms with Gasteiger partial charge in [-0.05, 0) is 66.4 Å². The van der Waals surface area contributed by atoms with Gasteiger partial charge < -0.3 is 16.0 Å². The van der Waals surface area contributed by atoms with Gasteiger partial charge in [0.05, 0.1) is 11.4 Å². The summed E-state index contributed by atoms with van der Waals surface area (Å²) in [4.78, 5) is 37.0. The minimum Gasteiger partial charge on any atom is -0.343 e. The number of hydrogen-bond donors (Lipinski definition) is 3. The maximum Gasteiger partial charge on any atom is 0.265 e. The Morgan fingerprint density at radius 2 is 1.72 bits per heavy atom. The molecule has 0 aliphatic carbocycles. The molecule has 2 aromatic carbocycles. The van der Waals surface area contributed by atoms with Crippen LogP contribution in [-0.4, -0.2) is 24.3 Å². The van der Waals surface area contributed by atoms with Crippen molar-refractivity contribution in [2.45, 2.75) is 6.92 Å². The largest absolute Gasteiger partial charge is 0.343 e. The van der Waals surface area contributed by atoms with Gasteiger partial charge in [-0.1, -0.05) is 22.0 Å². The second kappa shape index (κ2) is 9.49. The lowest BCUT2D eigenvalue weighted by molar-refractivity contribution is -0.115. The Hall–Kier alpha value is -2.97. The highest BCUT2D eigenvalue weighted by Crippen LogP contribution is 2.20. The van der Waals surface area contributed by atoms with E-state index in [2.05, 4.69) is 31.9 Å². The topological polar surface area (TPSA) is 87.3 Å². The smallest absolute Gasteiger partial charge is 0.265 e. The summed E-state index contributed by atoms with van der Waals surface area (Å²) >= 11 is 4.73. The molecule has 1 aromatic heterocycles. The summed E-state index contributed by atoms with van der Waals surface area (Å²) in [5.74, 6) is -0.885. The monoisotopic (exact) mass is 471 g/mol. The van der Waals surface area contributed by atoms with Gasteiger partial charge in [0, 0.05) is 21.4 Å². The SMILES string of the molecule is Cc1cc(Br)ccc1NC(=O)CNC(=O)c1ccc(NC(=O)c2cccs2)cc1. The van der Waals surface area contributed by atoms with Gasteiger partial charge in [0.2, 0.25) is 5.91 Å². The van der Waals surface area contributed by atoms with Gasteiger partial charge in [0.1, 0.15) is 0 Å². The quantitative estimate of drug-likeness (QED) is 0.496. The Morgan fingerprint density at radius 1 is 0.966 bits per heavy atom. The fraction of sp³-hybridized carbons (Fsp3) is 0.0952. The van der Waals surface area contributed by atoms with Gasteiger partial charge >= 0.3 is 0 Å². The van der Waals surface area contributed by atoms with Crippen LogP contribution in [0.15, 0.2) is 64.5 Å². The highest BCUT2D eigenvalue weighted by Gasteiger charge is 2.11. The Morgan fingerprint density at radius 3 is 2.38 bits per heavy atom. The number of thiophene rings is 1. The maximum atomic E-state index is 12.3. The van der Waals surface area contributed by atoms with Crippen LogP contribution in [0.5, 0.6) is 0 Å². The lowest BCUT2D eigenvalue weighted by Crippen LogP contribution is -2.33. The van der Waals surface area contributed by atoms with Crippen molar-refractivity contribution in [3.63, 3.8) is 0 Å². The van der Waals surface area contributed by atoms with E-state index in [0.29, 0.717) is 21.8 Å². The Balaban J connectivity index is 1.51. The summed E-state index contributed by atoms with van der Waals surface area (Å²) in [6, 6.07) is 15.5. The average molecular weight is 472 g/mol. The van der Waals surface area contributed by atoms with Crippen LogP contribution in [0.3, 0.4) is 0 Å². The summed E-state index contributed by atoms with van der Waals surface area (Å²) in [7, 11) is 0. The van der Waals surface area contributed by atoms with E-state index in [4.69, 9.17) is 0 Å². The van der Waals surface area contributed by atoms with Gasteiger partial charge in [-0.2, -0.15) is 0 Å². The first-order chi connectivity index (χ1) is 13.9. The van der Waals surface area contributed by atoms with E-state index in [1.165, 1.54) is 11.3 Å². The number of carbonyl (C=O) groups is 3. The molecule has 0 fully saturated rings. The van der Waals surface area contributed by atoms with E-state index < -0.39 is 0 Å². The van der Waals surface area contributed by atoms with Crippen LogP contribution >= 0.6 is 27.3 Å². The molecule has 0 saturated carbocycles. The molecule has 3 N–H and O–H groups in total. The molecule has 0 spiro atoms. The molecule has 0 unspecified atom stereocenters. The summed E-state index contributed by atoms with van der Waals surface area (Å²) in [6.45, 7) is 1.74. The zero-order valence-electron chi connectivity index (χ0n) is 15.5. The first-order valence-corrected chi connectivity index (χ1v) is 10.4. The second-order valence-corrected chi connectivity index (χ2v) is 8.06. The zero-order chi connectivity index (χ0) is 20.8. The minimum absolute atomic E-state index is 0.148. The maximum absolute atomic E-state index is 12.3. The van der Waals surface area contributed by atoms with Gasteiger partial charge in [0.15, 0.2) is 0 Å². The molecule has 0 aliphatic heterocycles. The first-order valence-electron chi connectivity index (χ1n) is 8.71. The number of hydrogen-bond acceptors (Lipinski definition) is 4. The van der Waals surface area contributed by atoms with Crippen LogP contribution in [0.2, 0.25) is 0 Å². The van der Waals surface area contributed by atoms with E-state index >= 15 is 0 Å². The Kier molecular flexibility index (Phi) is 6.79. The summed E-state index contributed by atoms with van der Waals surface area (Å²) in [5.41, 5.74) is 2.59. The van der Waals surface area contributed by atoms with Crippen molar-refractivity contribution in [3.05, 3.63) is 80.5 Å². The van der Waals surface area contributed by atoms with Crippen molar-refractivity contribution in [3.8, 4) is 0 Å². The summed E-state index contributed by atoms with van der Waals surface area (Å²) in [5, 5.41) is 9.95. The molecule has 0 bridgehead atoms. The molecular weight excluding hydrogens is 454 g/mol. The average Bonchev–Trinajstić information content (AvgIpc) is 3.24. The van der Waals surface area contributed by atoms with E-state index in [-0.39, 0.29) is 24.3 Å². The number of nitrogens with one attached hydrogen (secondary N) is 3. The molecule has 3 amide bonds. The standard InChI is InChI=1S/C21H18BrN3O3S/c1-13-11-15(22)6-9-17(13)25-19(26)12-23-20(27)14-4-7-16(8-5-14)24-21(28)18-3-2-10-29-18/h2-11H,12H2,1H3,(H,23,27)(H,24,28)(H,25,26). The fourth-order valence-electron chi connectivity index (χ4n) is 2.53. The summed E-state index contributed by atoms with van der Waals surface area (Å²) < 4.78 is 0.927. The molecular formula is C21H18BrN3O3S. The zero-order valence-corrected chi connectivity index (χ0v) is 17.9. The number of anilines is 2. The minimum atomic E-state index is -0.371. The number of benzene rings is 2. The Bertz CT molecular complexity index is 1030. The van der Waals surface area contributed by atoms with E-state index in [0.717, 1.165) is 10.0 Å². The van der Waals surface area contributed by atoms with Crippen LogP contribution in [0, 0.1) is 6.92 Å². The Labute approximate surface area is 180 Å². The lowest BCUT2D eigenvalue weighted by atomic mass is 10.2. The van der Waals surface area contributed by atoms with Crippen molar-refractivity contribution in [1.29, 1.82) is 0 Å². The highest BCUT2D eigenvalue weighted by molar-refractivity contribution is 9.10. The van der Waals surface area contributed by atoms with Crippen LogP contribution in [0.25, 0.3) is 0 Å². The van der Waals surface area contributed by atoms with Crippen molar-refractivity contribution in [2.75, 3.05) is 17.2 Å². The van der Waals surface area contributed by atoms with Gasteiger partial charge in [-0.25, -0.2) is 0 Å². The van der Waals surface area contributed by atoms with Crippen molar-refractivity contribution >= 4 is 56.4 Å². The fourth-order valence-corrected chi connectivity index (χ4v) is 3.62. The van der Waals surface area contributed by atoms with Crippen LogP contribution in [0.4, 0.5) is 11.4 Å². The third-order valence-electron chi connectivity index (χ3n) is 4.02. The molecule has 8 heteroatoms. The van der Waals surface area contributed by atoms with E-state index in [1.807, 2.05) is 24.4 Å². The number of halogens is 1. The first kappa shape index (κ1) is 20.8. The molecule has 3 aromatic rings. The molecule has 0 atom stereocenters. The predicted molar refractivity (Wildman–Crippen MR) is 119 cm³/mol. The molecule has 0 saturated heterocycles. The molecule has 0 aliphatic rings. The second-order valence-electron chi connectivity index (χ2n) is 6.20. The van der Waals surface area contributed by atoms with E-state index in [1.54, 1.807) is 42.5 Å². The predicted octanol–water partition coefficient (Wildman–Crippen LogP) is 4.44. The molecule has 6 nitrogen and oxygen atoms in total. The van der Waals surface area contributed by atoms with E-state index in [9.17, 15) is 14.4 Å². The highest BCUT2D eigenvalue weighted by atomic mass is 79.9. The third kappa shape index (κ3) is 5.75. The number of amides is 3. The molecule has 148 valence electrons. The van der Waals surface area contributed by atoms with Crippen molar-refractivity contribution < 1.29 is 14.4 Å². The van der Waals surface area contributed by atoms with Crippen LogP contribution in [0.1, 0.15) is 25.6 Å². The van der Waals surface area contributed by atoms with Gasteiger partial charge in [-0.3, -0.25) is 14.4 Å².